The van der Waals surface area contributed by atoms with Gasteiger partial charge in [-0.2, -0.15) is 0 Å². The largest absolute Gasteiger partial charge is 4.00 e. The van der Waals surface area contributed by atoms with Gasteiger partial charge in [0, 0.05) is 5.57 Å². The monoisotopic (exact) mass is 304 g/mol. The third-order valence-electron chi connectivity index (χ3n) is 1.32. The molecule has 0 fully saturated rings. The average Bonchev–Trinajstić information content (AvgIpc) is 2.10. The zero-order valence-electron chi connectivity index (χ0n) is 9.37. The maximum Gasteiger partial charge on any atom is 4.00 e. The molecule has 84 valence electrons. The predicted molar refractivity (Wildman–Crippen MR) is 52.0 cm³/mol. The van der Waals surface area contributed by atoms with Gasteiger partial charge in [0.2, 0.25) is 0 Å². The molecule has 0 aliphatic heterocycles. The van der Waals surface area contributed by atoms with E-state index in [1.807, 2.05) is 0 Å². The van der Waals surface area contributed by atoms with Crippen molar-refractivity contribution >= 4 is 17.7 Å². The van der Waals surface area contributed by atoms with Crippen LogP contribution < -0.4 is 0 Å². The molecule has 0 aliphatic rings. The van der Waals surface area contributed by atoms with Crippen LogP contribution in [-0.2, 0) is 50.1 Å². The molecule has 0 aromatic rings. The Labute approximate surface area is 113 Å². The minimum absolute atomic E-state index is 0. The molecule has 0 unspecified atom stereocenters. The third-order valence-corrected chi connectivity index (χ3v) is 1.32. The summed E-state index contributed by atoms with van der Waals surface area (Å²) >= 11 is 0. The van der Waals surface area contributed by atoms with Gasteiger partial charge in [0.25, 0.3) is 0 Å². The summed E-state index contributed by atoms with van der Waals surface area (Å²) in [6, 6.07) is 0. The molecular weight excluding hydrogens is 291 g/mol. The van der Waals surface area contributed by atoms with Crippen molar-refractivity contribution in [2.75, 3.05) is 13.2 Å². The van der Waals surface area contributed by atoms with Crippen LogP contribution in [-0.4, -0.2) is 30.9 Å². The van der Waals surface area contributed by atoms with Gasteiger partial charge in [-0.15, -0.1) is 0 Å². The zero-order valence-corrected chi connectivity index (χ0v) is 11.8. The molecule has 6 heteroatoms. The Morgan fingerprint density at radius 3 is 2.00 bits per heavy atom. The number of carbonyl (C=O) groups is 3. The van der Waals surface area contributed by atoms with Crippen LogP contribution in [0.5, 0.6) is 0 Å². The Bertz CT molecular complexity index is 285. The normalized spacial score (nSPS) is 8.62. The summed E-state index contributed by atoms with van der Waals surface area (Å²) in [7, 11) is 0. The zero-order chi connectivity index (χ0) is 11.8. The predicted octanol–water partition coefficient (Wildman–Crippen LogP) is 0.625. The number of rotatable bonds is 6. The van der Waals surface area contributed by atoms with Crippen molar-refractivity contribution in [2.45, 2.75) is 20.3 Å². The standard InChI is InChI=1S/C10H14O5.Zr/c1-7(2)10(13)15-5-4-14-9(12)6-8(3)11;/h1,4-6H2,2-3H3;/q;+4. The molecule has 0 atom stereocenters. The summed E-state index contributed by atoms with van der Waals surface area (Å²) in [6.45, 7) is 6.11. The Morgan fingerprint density at radius 2 is 1.56 bits per heavy atom. The van der Waals surface area contributed by atoms with E-state index in [0.717, 1.165) is 0 Å². The summed E-state index contributed by atoms with van der Waals surface area (Å²) in [5.74, 6) is -1.41. The van der Waals surface area contributed by atoms with Crippen LogP contribution in [0.2, 0.25) is 0 Å². The Kier molecular flexibility index (Phi) is 10.4. The van der Waals surface area contributed by atoms with Crippen LogP contribution in [0.25, 0.3) is 0 Å². The molecule has 0 saturated heterocycles. The summed E-state index contributed by atoms with van der Waals surface area (Å²) in [4.78, 5) is 32.2. The van der Waals surface area contributed by atoms with Crippen molar-refractivity contribution in [2.24, 2.45) is 0 Å². The fraction of sp³-hybridized carbons (Fsp3) is 0.500. The van der Waals surface area contributed by atoms with Gasteiger partial charge < -0.3 is 9.47 Å². The molecular formula is C10H14O5Zr+4. The summed E-state index contributed by atoms with van der Waals surface area (Å²) < 4.78 is 9.27. The Hall–Kier alpha value is -0.767. The van der Waals surface area contributed by atoms with Crippen molar-refractivity contribution in [1.82, 2.24) is 0 Å². The van der Waals surface area contributed by atoms with Gasteiger partial charge in [0.1, 0.15) is 25.4 Å². The molecule has 0 heterocycles. The first-order valence-electron chi connectivity index (χ1n) is 4.41. The van der Waals surface area contributed by atoms with E-state index in [-0.39, 0.29) is 57.2 Å². The van der Waals surface area contributed by atoms with Gasteiger partial charge in [0.05, 0.1) is 0 Å². The first-order chi connectivity index (χ1) is 6.93. The number of ketones is 1. The van der Waals surface area contributed by atoms with Crippen molar-refractivity contribution < 1.29 is 50.1 Å². The van der Waals surface area contributed by atoms with Gasteiger partial charge in [-0.3, -0.25) is 9.59 Å². The van der Waals surface area contributed by atoms with Crippen LogP contribution in [0.4, 0.5) is 0 Å². The summed E-state index contributed by atoms with van der Waals surface area (Å²) in [6.07, 6.45) is -0.256. The summed E-state index contributed by atoms with van der Waals surface area (Å²) in [5, 5.41) is 0. The first-order valence-corrected chi connectivity index (χ1v) is 4.41. The minimum Gasteiger partial charge on any atom is -0.462 e. The molecule has 0 saturated carbocycles. The molecule has 0 spiro atoms. The maximum absolute atomic E-state index is 10.8. The number of ether oxygens (including phenoxy) is 2. The molecule has 5 nitrogen and oxygen atoms in total. The fourth-order valence-electron chi connectivity index (χ4n) is 0.667. The molecule has 0 N–H and O–H groups in total. The fourth-order valence-corrected chi connectivity index (χ4v) is 0.667. The van der Waals surface area contributed by atoms with Crippen molar-refractivity contribution in [3.8, 4) is 0 Å². The van der Waals surface area contributed by atoms with Crippen LogP contribution in [0.1, 0.15) is 20.3 Å². The number of hydrogen-bond acceptors (Lipinski definition) is 5. The van der Waals surface area contributed by atoms with Crippen LogP contribution in [0.15, 0.2) is 12.2 Å². The SMILES string of the molecule is C=C(C)C(=O)OCCOC(=O)CC(C)=O.[Zr+4]. The molecule has 0 bridgehead atoms. The number of carbonyl (C=O) groups excluding carboxylic acids is 3. The number of Topliss-reactive ketones (excluding diaryl/α,β-unsaturated/α-hetero) is 1. The van der Waals surface area contributed by atoms with E-state index >= 15 is 0 Å². The molecule has 0 aromatic heterocycles. The number of hydrogen-bond donors (Lipinski definition) is 0. The second-order valence-corrected chi connectivity index (χ2v) is 3.02. The number of esters is 2. The molecule has 0 rings (SSSR count). The molecule has 0 amide bonds. The van der Waals surface area contributed by atoms with Crippen LogP contribution in [0.3, 0.4) is 0 Å². The van der Waals surface area contributed by atoms with E-state index in [1.165, 1.54) is 13.8 Å². The second kappa shape index (κ2) is 9.46. The van der Waals surface area contributed by atoms with Gasteiger partial charge in [-0.25, -0.2) is 4.79 Å². The third kappa shape index (κ3) is 9.78. The van der Waals surface area contributed by atoms with Crippen molar-refractivity contribution in [3.05, 3.63) is 12.2 Å². The minimum atomic E-state index is -0.617. The van der Waals surface area contributed by atoms with Crippen LogP contribution >= 0.6 is 0 Å². The second-order valence-electron chi connectivity index (χ2n) is 3.02. The smallest absolute Gasteiger partial charge is 0.462 e. The van der Waals surface area contributed by atoms with Gasteiger partial charge >= 0.3 is 38.1 Å². The molecule has 0 radical (unpaired) electrons. The average molecular weight is 305 g/mol. The van der Waals surface area contributed by atoms with Crippen molar-refractivity contribution in [3.63, 3.8) is 0 Å². The van der Waals surface area contributed by atoms with Crippen molar-refractivity contribution in [1.29, 1.82) is 0 Å². The van der Waals surface area contributed by atoms with E-state index in [2.05, 4.69) is 16.1 Å². The summed E-state index contributed by atoms with van der Waals surface area (Å²) in [5.41, 5.74) is 0.282. The topological polar surface area (TPSA) is 69.7 Å². The Morgan fingerprint density at radius 1 is 1.06 bits per heavy atom. The Balaban J connectivity index is 0. The van der Waals surface area contributed by atoms with Gasteiger partial charge in [-0.1, -0.05) is 6.58 Å². The molecule has 0 aliphatic carbocycles. The molecule has 0 aromatic carbocycles. The van der Waals surface area contributed by atoms with Gasteiger partial charge in [0.15, 0.2) is 0 Å². The van der Waals surface area contributed by atoms with Crippen LogP contribution in [0, 0.1) is 0 Å². The van der Waals surface area contributed by atoms with E-state index in [0.29, 0.717) is 0 Å². The molecule has 16 heavy (non-hydrogen) atoms. The van der Waals surface area contributed by atoms with Gasteiger partial charge in [-0.05, 0) is 13.8 Å². The quantitative estimate of drug-likeness (QED) is 0.311. The van der Waals surface area contributed by atoms with E-state index in [1.54, 1.807) is 0 Å². The maximum atomic E-state index is 10.8. The first kappa shape index (κ1) is 17.6. The van der Waals surface area contributed by atoms with E-state index in [9.17, 15) is 14.4 Å². The van der Waals surface area contributed by atoms with E-state index < -0.39 is 11.9 Å². The van der Waals surface area contributed by atoms with E-state index in [4.69, 9.17) is 0 Å².